The van der Waals surface area contributed by atoms with E-state index in [2.05, 4.69) is 10.3 Å². The fraction of sp³-hybridized carbons (Fsp3) is 0.200. The van der Waals surface area contributed by atoms with Crippen molar-refractivity contribution in [1.29, 1.82) is 0 Å². The molecule has 0 aliphatic carbocycles. The van der Waals surface area contributed by atoms with Crippen LogP contribution in [0.15, 0.2) is 48.5 Å². The van der Waals surface area contributed by atoms with Crippen LogP contribution in [0.2, 0.25) is 0 Å². The van der Waals surface area contributed by atoms with E-state index in [1.165, 1.54) is 0 Å². The summed E-state index contributed by atoms with van der Waals surface area (Å²) < 4.78 is 10.9. The Morgan fingerprint density at radius 2 is 1.92 bits per heavy atom. The molecule has 0 radical (unpaired) electrons. The molecule has 5 nitrogen and oxygen atoms in total. The van der Waals surface area contributed by atoms with E-state index in [0.717, 1.165) is 22.2 Å². The predicted octanol–water partition coefficient (Wildman–Crippen LogP) is 3.88. The fourth-order valence-corrected chi connectivity index (χ4v) is 2.64. The smallest absolute Gasteiger partial charge is 0.262 e. The molecule has 0 fully saturated rings. The maximum absolute atomic E-state index is 12.2. The highest BCUT2D eigenvalue weighted by molar-refractivity contribution is 5.93. The van der Waals surface area contributed by atoms with E-state index in [-0.39, 0.29) is 12.5 Å². The maximum Gasteiger partial charge on any atom is 0.262 e. The number of pyridine rings is 1. The van der Waals surface area contributed by atoms with Crippen LogP contribution in [-0.4, -0.2) is 24.6 Å². The van der Waals surface area contributed by atoms with Gasteiger partial charge in [0.2, 0.25) is 0 Å². The van der Waals surface area contributed by atoms with E-state index in [1.54, 1.807) is 19.2 Å². The summed E-state index contributed by atoms with van der Waals surface area (Å²) in [5.41, 5.74) is 3.49. The number of carbonyl (C=O) groups excluding carboxylic acids is 1. The SMILES string of the molecule is COc1cccc(NC(=O)COc2cc(C)nc3c(C)cccc23)c1. The summed E-state index contributed by atoms with van der Waals surface area (Å²) in [6, 6.07) is 15.0. The van der Waals surface area contributed by atoms with Gasteiger partial charge in [-0.15, -0.1) is 0 Å². The summed E-state index contributed by atoms with van der Waals surface area (Å²) >= 11 is 0. The van der Waals surface area contributed by atoms with Crippen molar-refractivity contribution in [3.05, 3.63) is 59.8 Å². The van der Waals surface area contributed by atoms with Crippen molar-refractivity contribution in [2.75, 3.05) is 19.0 Å². The zero-order valence-electron chi connectivity index (χ0n) is 14.5. The van der Waals surface area contributed by atoms with Gasteiger partial charge >= 0.3 is 0 Å². The van der Waals surface area contributed by atoms with Crippen molar-refractivity contribution in [1.82, 2.24) is 4.98 Å². The van der Waals surface area contributed by atoms with Crippen molar-refractivity contribution < 1.29 is 14.3 Å². The zero-order valence-corrected chi connectivity index (χ0v) is 14.5. The van der Waals surface area contributed by atoms with Crippen LogP contribution >= 0.6 is 0 Å². The number of rotatable bonds is 5. The zero-order chi connectivity index (χ0) is 17.8. The number of fused-ring (bicyclic) bond motifs is 1. The quantitative estimate of drug-likeness (QED) is 0.768. The molecule has 3 rings (SSSR count). The molecule has 0 saturated heterocycles. The standard InChI is InChI=1S/C20H20N2O3/c1-13-6-4-9-17-18(10-14(2)21-20(13)17)25-12-19(23)22-15-7-5-8-16(11-15)24-3/h4-11H,12H2,1-3H3,(H,22,23). The third-order valence-corrected chi connectivity index (χ3v) is 3.84. The molecule has 0 saturated carbocycles. The molecule has 1 aromatic heterocycles. The average molecular weight is 336 g/mol. The number of benzene rings is 2. The van der Waals surface area contributed by atoms with Crippen LogP contribution < -0.4 is 14.8 Å². The highest BCUT2D eigenvalue weighted by Crippen LogP contribution is 2.27. The van der Waals surface area contributed by atoms with Crippen molar-refractivity contribution >= 4 is 22.5 Å². The molecule has 1 heterocycles. The minimum absolute atomic E-state index is 0.0797. The minimum atomic E-state index is -0.233. The molecule has 2 aromatic carbocycles. The second-order valence-corrected chi connectivity index (χ2v) is 5.80. The van der Waals surface area contributed by atoms with Crippen LogP contribution in [0.1, 0.15) is 11.3 Å². The molecule has 0 atom stereocenters. The third kappa shape index (κ3) is 3.88. The Morgan fingerprint density at radius 3 is 2.72 bits per heavy atom. The second-order valence-electron chi connectivity index (χ2n) is 5.80. The Labute approximate surface area is 146 Å². The molecule has 0 aliphatic rings. The number of carbonyl (C=O) groups is 1. The Hall–Kier alpha value is -3.08. The molecular formula is C20H20N2O3. The van der Waals surface area contributed by atoms with E-state index in [4.69, 9.17) is 9.47 Å². The number of hydrogen-bond acceptors (Lipinski definition) is 4. The summed E-state index contributed by atoms with van der Waals surface area (Å²) in [7, 11) is 1.59. The molecule has 128 valence electrons. The van der Waals surface area contributed by atoms with Gasteiger partial charge in [0.15, 0.2) is 6.61 Å². The topological polar surface area (TPSA) is 60.5 Å². The first-order valence-electron chi connectivity index (χ1n) is 8.00. The van der Waals surface area contributed by atoms with Gasteiger partial charge < -0.3 is 14.8 Å². The summed E-state index contributed by atoms with van der Waals surface area (Å²) in [6.07, 6.45) is 0. The third-order valence-electron chi connectivity index (χ3n) is 3.84. The Balaban J connectivity index is 1.74. The van der Waals surface area contributed by atoms with Gasteiger partial charge in [-0.2, -0.15) is 0 Å². The largest absolute Gasteiger partial charge is 0.497 e. The van der Waals surface area contributed by atoms with E-state index in [9.17, 15) is 4.79 Å². The number of nitrogens with one attached hydrogen (secondary N) is 1. The highest BCUT2D eigenvalue weighted by atomic mass is 16.5. The number of ether oxygens (including phenoxy) is 2. The van der Waals surface area contributed by atoms with Gasteiger partial charge in [-0.25, -0.2) is 0 Å². The number of hydrogen-bond donors (Lipinski definition) is 1. The number of para-hydroxylation sites is 1. The second kappa shape index (κ2) is 7.21. The number of aryl methyl sites for hydroxylation is 2. The maximum atomic E-state index is 12.2. The van der Waals surface area contributed by atoms with Gasteiger partial charge in [-0.3, -0.25) is 9.78 Å². The summed E-state index contributed by atoms with van der Waals surface area (Å²) in [4.78, 5) is 16.7. The number of methoxy groups -OCH3 is 1. The molecule has 0 unspecified atom stereocenters. The normalized spacial score (nSPS) is 10.5. The first kappa shape index (κ1) is 16.8. The lowest BCUT2D eigenvalue weighted by Crippen LogP contribution is -2.20. The van der Waals surface area contributed by atoms with Gasteiger partial charge in [0.1, 0.15) is 11.5 Å². The molecule has 3 aromatic rings. The number of amides is 1. The molecule has 1 N–H and O–H groups in total. The van der Waals surface area contributed by atoms with Crippen LogP contribution in [0.3, 0.4) is 0 Å². The summed E-state index contributed by atoms with van der Waals surface area (Å²) in [5.74, 6) is 1.11. The highest BCUT2D eigenvalue weighted by Gasteiger charge is 2.10. The van der Waals surface area contributed by atoms with Gasteiger partial charge in [-0.1, -0.05) is 18.2 Å². The first-order chi connectivity index (χ1) is 12.1. The number of nitrogens with zero attached hydrogens (tertiary/aromatic N) is 1. The van der Waals surface area contributed by atoms with Crippen molar-refractivity contribution in [3.8, 4) is 11.5 Å². The van der Waals surface area contributed by atoms with Gasteiger partial charge in [0.25, 0.3) is 5.91 Å². The molecule has 1 amide bonds. The lowest BCUT2D eigenvalue weighted by molar-refractivity contribution is -0.118. The Morgan fingerprint density at radius 1 is 1.12 bits per heavy atom. The van der Waals surface area contributed by atoms with Crippen LogP contribution in [0, 0.1) is 13.8 Å². The average Bonchev–Trinajstić information content (AvgIpc) is 2.60. The van der Waals surface area contributed by atoms with Crippen LogP contribution in [0.25, 0.3) is 10.9 Å². The van der Waals surface area contributed by atoms with Crippen molar-refractivity contribution in [2.45, 2.75) is 13.8 Å². The number of anilines is 1. The van der Waals surface area contributed by atoms with Gasteiger partial charge in [-0.05, 0) is 37.6 Å². The van der Waals surface area contributed by atoms with Gasteiger partial charge in [0.05, 0.1) is 12.6 Å². The molecule has 0 aliphatic heterocycles. The van der Waals surface area contributed by atoms with Crippen molar-refractivity contribution in [2.24, 2.45) is 0 Å². The minimum Gasteiger partial charge on any atom is -0.497 e. The summed E-state index contributed by atoms with van der Waals surface area (Å²) in [5, 5.41) is 3.70. The lowest BCUT2D eigenvalue weighted by atomic mass is 10.1. The van der Waals surface area contributed by atoms with E-state index >= 15 is 0 Å². The van der Waals surface area contributed by atoms with E-state index in [0.29, 0.717) is 17.2 Å². The van der Waals surface area contributed by atoms with Crippen LogP contribution in [-0.2, 0) is 4.79 Å². The Bertz CT molecular complexity index is 922. The molecule has 5 heteroatoms. The monoisotopic (exact) mass is 336 g/mol. The van der Waals surface area contributed by atoms with Gasteiger partial charge in [0, 0.05) is 28.9 Å². The van der Waals surface area contributed by atoms with E-state index in [1.807, 2.05) is 50.2 Å². The molecule has 0 spiro atoms. The predicted molar refractivity (Wildman–Crippen MR) is 98.3 cm³/mol. The lowest BCUT2D eigenvalue weighted by Gasteiger charge is -2.12. The molecule has 25 heavy (non-hydrogen) atoms. The molecule has 0 bridgehead atoms. The van der Waals surface area contributed by atoms with E-state index < -0.39 is 0 Å². The first-order valence-corrected chi connectivity index (χ1v) is 8.00. The van der Waals surface area contributed by atoms with Crippen LogP contribution in [0.4, 0.5) is 5.69 Å². The fourth-order valence-electron chi connectivity index (χ4n) is 2.64. The van der Waals surface area contributed by atoms with Crippen molar-refractivity contribution in [3.63, 3.8) is 0 Å². The van der Waals surface area contributed by atoms with Crippen LogP contribution in [0.5, 0.6) is 11.5 Å². The molecular weight excluding hydrogens is 316 g/mol. The Kier molecular flexibility index (Phi) is 4.84. The summed E-state index contributed by atoms with van der Waals surface area (Å²) in [6.45, 7) is 3.84. The number of aromatic nitrogens is 1.